The highest BCUT2D eigenvalue weighted by Crippen LogP contribution is 1.80. The van der Waals surface area contributed by atoms with Crippen molar-refractivity contribution in [2.75, 3.05) is 0 Å². The lowest BCUT2D eigenvalue weighted by molar-refractivity contribution is 0.662. The van der Waals surface area contributed by atoms with Crippen molar-refractivity contribution in [3.8, 4) is 0 Å². The van der Waals surface area contributed by atoms with Gasteiger partial charge in [-0.15, -0.1) is 0 Å². The fourth-order valence-electron chi connectivity index (χ4n) is 0.417. The minimum atomic E-state index is 0.436. The second-order valence-corrected chi connectivity index (χ2v) is 2.04. The highest BCUT2D eigenvalue weighted by Gasteiger charge is 1.88. The third-order valence-corrected chi connectivity index (χ3v) is 0.766. The lowest BCUT2D eigenvalue weighted by Gasteiger charge is -2.07. The predicted octanol–water partition coefficient (Wildman–Crippen LogP) is 0.804. The molecule has 2 heteroatoms. The smallest absolute Gasteiger partial charge is 0.0917 e. The lowest BCUT2D eigenvalue weighted by atomic mass is 10.4. The first-order valence-corrected chi connectivity index (χ1v) is 2.85. The second-order valence-electron chi connectivity index (χ2n) is 2.04. The molecule has 48 valence electrons. The Bertz CT molecular complexity index is 84.5. The second kappa shape index (κ2) is 3.36. The van der Waals surface area contributed by atoms with Crippen molar-refractivity contribution >= 4 is 0 Å². The van der Waals surface area contributed by atoms with Gasteiger partial charge in [-0.05, 0) is 26.8 Å². The fourth-order valence-corrected chi connectivity index (χ4v) is 0.417. The molecule has 0 aliphatic rings. The summed E-state index contributed by atoms with van der Waals surface area (Å²) in [5.41, 5.74) is 5.42. The van der Waals surface area contributed by atoms with E-state index in [1.165, 1.54) is 0 Å². The zero-order valence-corrected chi connectivity index (χ0v) is 5.73. The SMILES string of the molecule is CC=C(N)NC(C)C. The van der Waals surface area contributed by atoms with Crippen molar-refractivity contribution < 1.29 is 0 Å². The van der Waals surface area contributed by atoms with Gasteiger partial charge in [0.2, 0.25) is 0 Å². The van der Waals surface area contributed by atoms with Crippen molar-refractivity contribution in [1.82, 2.24) is 5.32 Å². The quantitative estimate of drug-likeness (QED) is 0.557. The zero-order valence-electron chi connectivity index (χ0n) is 5.73. The zero-order chi connectivity index (χ0) is 6.57. The van der Waals surface area contributed by atoms with E-state index >= 15 is 0 Å². The van der Waals surface area contributed by atoms with E-state index in [4.69, 9.17) is 5.73 Å². The highest BCUT2D eigenvalue weighted by molar-refractivity contribution is 4.91. The summed E-state index contributed by atoms with van der Waals surface area (Å²) >= 11 is 0. The third-order valence-electron chi connectivity index (χ3n) is 0.766. The molecule has 0 heterocycles. The van der Waals surface area contributed by atoms with Gasteiger partial charge in [-0.25, -0.2) is 0 Å². The summed E-state index contributed by atoms with van der Waals surface area (Å²) in [5, 5.41) is 3.03. The van der Waals surface area contributed by atoms with Crippen LogP contribution in [0.3, 0.4) is 0 Å². The third kappa shape index (κ3) is 3.53. The Balaban J connectivity index is 3.39. The summed E-state index contributed by atoms with van der Waals surface area (Å²) in [4.78, 5) is 0. The van der Waals surface area contributed by atoms with Crippen LogP contribution in [0.2, 0.25) is 0 Å². The van der Waals surface area contributed by atoms with E-state index in [0.29, 0.717) is 6.04 Å². The van der Waals surface area contributed by atoms with Crippen LogP contribution < -0.4 is 11.1 Å². The van der Waals surface area contributed by atoms with E-state index in [2.05, 4.69) is 19.2 Å². The Hall–Kier alpha value is -0.660. The molecular formula is C6H14N2. The minimum Gasteiger partial charge on any atom is -0.386 e. The molecule has 0 spiro atoms. The normalized spacial score (nSPS) is 12.2. The molecule has 0 fully saturated rings. The topological polar surface area (TPSA) is 38.0 Å². The molecule has 0 amide bonds. The molecule has 0 bridgehead atoms. The molecule has 0 aliphatic carbocycles. The highest BCUT2D eigenvalue weighted by atomic mass is 15.0. The number of rotatable bonds is 2. The van der Waals surface area contributed by atoms with Crippen LogP contribution in [0.1, 0.15) is 20.8 Å². The van der Waals surface area contributed by atoms with Crippen molar-refractivity contribution in [2.24, 2.45) is 5.73 Å². The molecule has 0 aliphatic heterocycles. The van der Waals surface area contributed by atoms with Gasteiger partial charge in [-0.1, -0.05) is 0 Å². The van der Waals surface area contributed by atoms with E-state index in [1.54, 1.807) is 0 Å². The van der Waals surface area contributed by atoms with E-state index in [1.807, 2.05) is 13.0 Å². The summed E-state index contributed by atoms with van der Waals surface area (Å²) in [5.74, 6) is 0.750. The Labute approximate surface area is 50.8 Å². The largest absolute Gasteiger partial charge is 0.386 e. The van der Waals surface area contributed by atoms with Gasteiger partial charge in [-0.2, -0.15) is 0 Å². The fraction of sp³-hybridized carbons (Fsp3) is 0.667. The molecule has 2 nitrogen and oxygen atoms in total. The van der Waals surface area contributed by atoms with Gasteiger partial charge in [0, 0.05) is 6.04 Å². The van der Waals surface area contributed by atoms with Crippen LogP contribution in [-0.4, -0.2) is 6.04 Å². The number of hydrogen-bond acceptors (Lipinski definition) is 2. The van der Waals surface area contributed by atoms with Gasteiger partial charge in [0.1, 0.15) is 0 Å². The van der Waals surface area contributed by atoms with E-state index in [9.17, 15) is 0 Å². The van der Waals surface area contributed by atoms with Crippen LogP contribution in [0.25, 0.3) is 0 Å². The Kier molecular flexibility index (Phi) is 3.08. The number of nitrogens with two attached hydrogens (primary N) is 1. The summed E-state index contributed by atoms with van der Waals surface area (Å²) < 4.78 is 0. The van der Waals surface area contributed by atoms with Crippen LogP contribution in [0.4, 0.5) is 0 Å². The number of hydrogen-bond donors (Lipinski definition) is 2. The Morgan fingerprint density at radius 3 is 2.25 bits per heavy atom. The van der Waals surface area contributed by atoms with Gasteiger partial charge >= 0.3 is 0 Å². The van der Waals surface area contributed by atoms with Gasteiger partial charge in [-0.3, -0.25) is 0 Å². The lowest BCUT2D eigenvalue weighted by Crippen LogP contribution is -2.26. The molecule has 0 saturated carbocycles. The first-order valence-electron chi connectivity index (χ1n) is 2.85. The number of allylic oxidation sites excluding steroid dienone is 1. The first kappa shape index (κ1) is 7.34. The molecule has 0 rings (SSSR count). The van der Waals surface area contributed by atoms with E-state index in [0.717, 1.165) is 5.82 Å². The molecule has 8 heavy (non-hydrogen) atoms. The van der Waals surface area contributed by atoms with Crippen LogP contribution >= 0.6 is 0 Å². The van der Waals surface area contributed by atoms with E-state index < -0.39 is 0 Å². The number of nitrogens with one attached hydrogen (secondary N) is 1. The minimum absolute atomic E-state index is 0.436. The maximum atomic E-state index is 5.42. The van der Waals surface area contributed by atoms with Gasteiger partial charge in [0.25, 0.3) is 0 Å². The van der Waals surface area contributed by atoms with Crippen LogP contribution in [0.5, 0.6) is 0 Å². The monoisotopic (exact) mass is 114 g/mol. The van der Waals surface area contributed by atoms with Crippen molar-refractivity contribution in [2.45, 2.75) is 26.8 Å². The van der Waals surface area contributed by atoms with Gasteiger partial charge < -0.3 is 11.1 Å². The molecule has 0 unspecified atom stereocenters. The molecule has 0 aromatic heterocycles. The standard InChI is InChI=1S/C6H14N2/c1-4-6(7)8-5(2)3/h4-5,8H,7H2,1-3H3. The molecule has 0 radical (unpaired) electrons. The summed E-state index contributed by atoms with van der Waals surface area (Å²) in [7, 11) is 0. The van der Waals surface area contributed by atoms with Crippen LogP contribution in [0.15, 0.2) is 11.9 Å². The molecular weight excluding hydrogens is 100 g/mol. The van der Waals surface area contributed by atoms with Gasteiger partial charge in [0.05, 0.1) is 5.82 Å². The summed E-state index contributed by atoms with van der Waals surface area (Å²) in [6.07, 6.45) is 1.85. The first-order chi connectivity index (χ1) is 3.66. The molecule has 0 saturated heterocycles. The van der Waals surface area contributed by atoms with Crippen LogP contribution in [-0.2, 0) is 0 Å². The van der Waals surface area contributed by atoms with Crippen molar-refractivity contribution in [1.29, 1.82) is 0 Å². The Morgan fingerprint density at radius 2 is 2.12 bits per heavy atom. The Morgan fingerprint density at radius 1 is 1.62 bits per heavy atom. The molecule has 0 aromatic carbocycles. The average molecular weight is 114 g/mol. The molecule has 3 N–H and O–H groups in total. The van der Waals surface area contributed by atoms with Gasteiger partial charge in [0.15, 0.2) is 0 Å². The molecule has 0 atom stereocenters. The summed E-state index contributed by atoms with van der Waals surface area (Å²) in [6, 6.07) is 0.436. The van der Waals surface area contributed by atoms with E-state index in [-0.39, 0.29) is 0 Å². The molecule has 0 aromatic rings. The maximum absolute atomic E-state index is 5.42. The average Bonchev–Trinajstić information content (AvgIpc) is 1.65. The summed E-state index contributed by atoms with van der Waals surface area (Å²) in [6.45, 7) is 6.01. The van der Waals surface area contributed by atoms with Crippen LogP contribution in [0, 0.1) is 0 Å². The maximum Gasteiger partial charge on any atom is 0.0917 e. The van der Waals surface area contributed by atoms with Crippen molar-refractivity contribution in [3.63, 3.8) is 0 Å². The predicted molar refractivity (Wildman–Crippen MR) is 36.2 cm³/mol. The van der Waals surface area contributed by atoms with Crippen molar-refractivity contribution in [3.05, 3.63) is 11.9 Å².